The van der Waals surface area contributed by atoms with Gasteiger partial charge in [0.2, 0.25) is 0 Å². The Morgan fingerprint density at radius 1 is 1.50 bits per heavy atom. The third kappa shape index (κ3) is 2.61. The maximum Gasteiger partial charge on any atom is 0.0326 e. The quantitative estimate of drug-likeness (QED) is 0.859. The van der Waals surface area contributed by atoms with E-state index in [9.17, 15) is 0 Å². The molecule has 0 radical (unpaired) electrons. The molecule has 0 saturated heterocycles. The lowest BCUT2D eigenvalue weighted by atomic mass is 10.1. The molecule has 2 unspecified atom stereocenters. The van der Waals surface area contributed by atoms with E-state index in [1.807, 2.05) is 11.8 Å². The highest BCUT2D eigenvalue weighted by atomic mass is 32.2. The highest BCUT2D eigenvalue weighted by Crippen LogP contribution is 2.31. The van der Waals surface area contributed by atoms with Crippen LogP contribution in [0.25, 0.3) is 0 Å². The zero-order chi connectivity index (χ0) is 11.5. The fourth-order valence-corrected chi connectivity index (χ4v) is 2.59. The summed E-state index contributed by atoms with van der Waals surface area (Å²) in [6, 6.07) is 7.46. The van der Waals surface area contributed by atoms with Gasteiger partial charge in [-0.25, -0.2) is 0 Å². The van der Waals surface area contributed by atoms with Crippen LogP contribution >= 0.6 is 11.8 Å². The van der Waals surface area contributed by atoms with E-state index in [0.717, 1.165) is 6.54 Å². The smallest absolute Gasteiger partial charge is 0.0326 e. The third-order valence-corrected chi connectivity index (χ3v) is 4.40. The summed E-state index contributed by atoms with van der Waals surface area (Å²) < 4.78 is 0. The van der Waals surface area contributed by atoms with Crippen LogP contribution in [-0.4, -0.2) is 18.1 Å². The second-order valence-corrected chi connectivity index (χ2v) is 6.02. The number of nitrogens with one attached hydrogen (secondary N) is 1. The van der Waals surface area contributed by atoms with Gasteiger partial charge in [0.25, 0.3) is 0 Å². The molecule has 0 aromatic heterocycles. The van der Waals surface area contributed by atoms with Crippen molar-refractivity contribution in [2.24, 2.45) is 0 Å². The van der Waals surface area contributed by atoms with Gasteiger partial charge in [0.1, 0.15) is 0 Å². The van der Waals surface area contributed by atoms with Gasteiger partial charge >= 0.3 is 0 Å². The Hall–Kier alpha value is -0.470. The van der Waals surface area contributed by atoms with Gasteiger partial charge in [-0.1, -0.05) is 30.7 Å². The molecule has 16 heavy (non-hydrogen) atoms. The van der Waals surface area contributed by atoms with Crippen molar-refractivity contribution < 1.29 is 0 Å². The third-order valence-electron chi connectivity index (χ3n) is 3.43. The summed E-state index contributed by atoms with van der Waals surface area (Å²) in [5.41, 5.74) is 4.46. The number of hydrogen-bond donors (Lipinski definition) is 1. The largest absolute Gasteiger partial charge is 0.309 e. The lowest BCUT2D eigenvalue weighted by Gasteiger charge is -2.17. The first-order chi connectivity index (χ1) is 7.70. The lowest BCUT2D eigenvalue weighted by Crippen LogP contribution is -2.26. The van der Waals surface area contributed by atoms with Crippen LogP contribution in [0.15, 0.2) is 18.2 Å². The molecule has 0 saturated carbocycles. The number of aryl methyl sites for hydroxylation is 2. The zero-order valence-electron chi connectivity index (χ0n) is 10.4. The van der Waals surface area contributed by atoms with Crippen molar-refractivity contribution in [3.8, 4) is 0 Å². The molecule has 2 rings (SSSR count). The minimum absolute atomic E-state index is 0.587. The standard InChI is InChI=1S/C14H21NS/c1-10-4-5-12-6-7-14(13(12)8-10)15-9-11(2)16-3/h4-5,8,11,14-15H,6-7,9H2,1-3H3. The molecule has 0 amide bonds. The average Bonchev–Trinajstić information content (AvgIpc) is 2.68. The maximum atomic E-state index is 3.69. The van der Waals surface area contributed by atoms with Crippen molar-refractivity contribution >= 4 is 11.8 Å². The Balaban J connectivity index is 2.02. The van der Waals surface area contributed by atoms with Crippen molar-refractivity contribution in [2.75, 3.05) is 12.8 Å². The minimum atomic E-state index is 0.587. The summed E-state index contributed by atoms with van der Waals surface area (Å²) in [7, 11) is 0. The summed E-state index contributed by atoms with van der Waals surface area (Å²) in [6.07, 6.45) is 4.68. The topological polar surface area (TPSA) is 12.0 Å². The molecule has 1 aromatic rings. The molecule has 2 heteroatoms. The lowest BCUT2D eigenvalue weighted by molar-refractivity contribution is 0.533. The molecule has 1 aliphatic rings. The fourth-order valence-electron chi connectivity index (χ4n) is 2.33. The Morgan fingerprint density at radius 3 is 3.06 bits per heavy atom. The maximum absolute atomic E-state index is 3.69. The summed E-state index contributed by atoms with van der Waals surface area (Å²) in [5.74, 6) is 0. The molecule has 0 fully saturated rings. The number of hydrogen-bond acceptors (Lipinski definition) is 2. The monoisotopic (exact) mass is 235 g/mol. The molecule has 1 nitrogen and oxygen atoms in total. The van der Waals surface area contributed by atoms with Crippen molar-refractivity contribution in [3.63, 3.8) is 0 Å². The van der Waals surface area contributed by atoms with Gasteiger partial charge in [-0.15, -0.1) is 0 Å². The van der Waals surface area contributed by atoms with E-state index in [2.05, 4.69) is 43.6 Å². The van der Waals surface area contributed by atoms with E-state index in [-0.39, 0.29) is 0 Å². The predicted molar refractivity (Wildman–Crippen MR) is 73.2 cm³/mol. The molecule has 0 bridgehead atoms. The van der Waals surface area contributed by atoms with Gasteiger partial charge in [-0.2, -0.15) is 11.8 Å². The molecule has 88 valence electrons. The van der Waals surface area contributed by atoms with Crippen LogP contribution in [0.3, 0.4) is 0 Å². The van der Waals surface area contributed by atoms with E-state index in [4.69, 9.17) is 0 Å². The van der Waals surface area contributed by atoms with Gasteiger partial charge in [-0.05, 0) is 37.1 Å². The predicted octanol–water partition coefficient (Wildman–Crippen LogP) is 3.32. The van der Waals surface area contributed by atoms with Gasteiger partial charge in [0, 0.05) is 17.8 Å². The summed E-state index contributed by atoms with van der Waals surface area (Å²) >= 11 is 1.93. The van der Waals surface area contributed by atoms with Gasteiger partial charge < -0.3 is 5.32 Å². The molecule has 1 aliphatic carbocycles. The average molecular weight is 235 g/mol. The van der Waals surface area contributed by atoms with E-state index in [0.29, 0.717) is 11.3 Å². The Labute approximate surface area is 103 Å². The molecule has 1 aromatic carbocycles. The van der Waals surface area contributed by atoms with E-state index in [1.54, 1.807) is 5.56 Å². The normalized spacial score (nSPS) is 20.8. The summed E-state index contributed by atoms with van der Waals surface area (Å²) in [6.45, 7) is 5.57. The van der Waals surface area contributed by atoms with Crippen LogP contribution in [0.4, 0.5) is 0 Å². The van der Waals surface area contributed by atoms with Crippen LogP contribution in [0.1, 0.15) is 36.1 Å². The zero-order valence-corrected chi connectivity index (χ0v) is 11.2. The van der Waals surface area contributed by atoms with Crippen molar-refractivity contribution in [1.82, 2.24) is 5.32 Å². The van der Waals surface area contributed by atoms with Crippen LogP contribution < -0.4 is 5.32 Å². The molecule has 0 heterocycles. The second-order valence-electron chi connectivity index (χ2n) is 4.75. The molecular formula is C14H21NS. The molecule has 1 N–H and O–H groups in total. The number of benzene rings is 1. The highest BCUT2D eigenvalue weighted by Gasteiger charge is 2.21. The Bertz CT molecular complexity index is 362. The Kier molecular flexibility index (Phi) is 3.93. The van der Waals surface area contributed by atoms with Crippen molar-refractivity contribution in [2.45, 2.75) is 38.0 Å². The first-order valence-corrected chi connectivity index (χ1v) is 7.35. The molecule has 0 aliphatic heterocycles. The fraction of sp³-hybridized carbons (Fsp3) is 0.571. The second kappa shape index (κ2) is 5.24. The molecular weight excluding hydrogens is 214 g/mol. The summed E-state index contributed by atoms with van der Waals surface area (Å²) in [4.78, 5) is 0. The van der Waals surface area contributed by atoms with Crippen molar-refractivity contribution in [3.05, 3.63) is 34.9 Å². The van der Waals surface area contributed by atoms with Gasteiger partial charge in [0.05, 0.1) is 0 Å². The first-order valence-electron chi connectivity index (χ1n) is 6.06. The Morgan fingerprint density at radius 2 is 2.31 bits per heavy atom. The van der Waals surface area contributed by atoms with Crippen molar-refractivity contribution in [1.29, 1.82) is 0 Å². The molecule has 0 spiro atoms. The molecule has 2 atom stereocenters. The van der Waals surface area contributed by atoms with Gasteiger partial charge in [-0.3, -0.25) is 0 Å². The van der Waals surface area contributed by atoms with E-state index < -0.39 is 0 Å². The highest BCUT2D eigenvalue weighted by molar-refractivity contribution is 7.99. The summed E-state index contributed by atoms with van der Waals surface area (Å²) in [5, 5.41) is 4.40. The first kappa shape index (κ1) is 12.0. The van der Waals surface area contributed by atoms with Crippen LogP contribution in [0.5, 0.6) is 0 Å². The van der Waals surface area contributed by atoms with Crippen LogP contribution in [0.2, 0.25) is 0 Å². The van der Waals surface area contributed by atoms with E-state index in [1.165, 1.54) is 24.0 Å². The minimum Gasteiger partial charge on any atom is -0.309 e. The van der Waals surface area contributed by atoms with Crippen LogP contribution in [-0.2, 0) is 6.42 Å². The number of fused-ring (bicyclic) bond motifs is 1. The van der Waals surface area contributed by atoms with E-state index >= 15 is 0 Å². The SMILES string of the molecule is CSC(C)CNC1CCc2ccc(C)cc21. The van der Waals surface area contributed by atoms with Gasteiger partial charge in [0.15, 0.2) is 0 Å². The van der Waals surface area contributed by atoms with Crippen LogP contribution in [0, 0.1) is 6.92 Å². The number of thioether (sulfide) groups is 1. The number of rotatable bonds is 4.